The van der Waals surface area contributed by atoms with Gasteiger partial charge in [0.15, 0.2) is 0 Å². The van der Waals surface area contributed by atoms with Crippen LogP contribution in [0.3, 0.4) is 0 Å². The molecule has 1 atom stereocenters. The molecule has 106 valence electrons. The van der Waals surface area contributed by atoms with Gasteiger partial charge in [0.2, 0.25) is 0 Å². The smallest absolute Gasteiger partial charge is 0.0551 e. The number of aryl methyl sites for hydroxylation is 2. The molecule has 20 heavy (non-hydrogen) atoms. The van der Waals surface area contributed by atoms with Gasteiger partial charge in [-0.3, -0.25) is 0 Å². The van der Waals surface area contributed by atoms with Crippen molar-refractivity contribution in [2.45, 2.75) is 39.7 Å². The molecule has 0 fully saturated rings. The van der Waals surface area contributed by atoms with Crippen LogP contribution in [0.15, 0.2) is 40.9 Å². The molecule has 2 heteroatoms. The first-order valence-corrected chi connectivity index (χ1v) is 7.81. The highest BCUT2D eigenvalue weighted by atomic mass is 79.9. The second-order valence-corrected chi connectivity index (χ2v) is 6.56. The molecule has 0 saturated carbocycles. The van der Waals surface area contributed by atoms with E-state index in [2.05, 4.69) is 80.0 Å². The summed E-state index contributed by atoms with van der Waals surface area (Å²) < 4.78 is 1.17. The third-order valence-corrected chi connectivity index (χ3v) is 5.03. The molecule has 0 aromatic heterocycles. The summed E-state index contributed by atoms with van der Waals surface area (Å²) >= 11 is 3.60. The monoisotopic (exact) mass is 331 g/mol. The van der Waals surface area contributed by atoms with Crippen molar-refractivity contribution in [1.82, 2.24) is 0 Å². The summed E-state index contributed by atoms with van der Waals surface area (Å²) in [5.74, 6) is 0.553. The molecule has 2 aromatic rings. The molecule has 0 amide bonds. The Kier molecular flexibility index (Phi) is 4.66. The van der Waals surface area contributed by atoms with Gasteiger partial charge >= 0.3 is 0 Å². The van der Waals surface area contributed by atoms with E-state index in [0.717, 1.165) is 5.56 Å². The summed E-state index contributed by atoms with van der Waals surface area (Å²) in [4.78, 5) is 0. The fourth-order valence-corrected chi connectivity index (χ4v) is 2.67. The Bertz CT molecular complexity index is 576. The van der Waals surface area contributed by atoms with E-state index in [4.69, 9.17) is 5.73 Å². The Hall–Kier alpha value is -1.12. The minimum atomic E-state index is -0.0679. The predicted molar refractivity (Wildman–Crippen MR) is 90.2 cm³/mol. The lowest BCUT2D eigenvalue weighted by atomic mass is 9.94. The highest BCUT2D eigenvalue weighted by Crippen LogP contribution is 2.28. The topological polar surface area (TPSA) is 26.0 Å². The van der Waals surface area contributed by atoms with Gasteiger partial charge in [-0.2, -0.15) is 0 Å². The molecule has 0 radical (unpaired) electrons. The summed E-state index contributed by atoms with van der Waals surface area (Å²) in [6, 6.07) is 12.9. The molecule has 0 aliphatic rings. The molecule has 0 aliphatic carbocycles. The van der Waals surface area contributed by atoms with Crippen LogP contribution in [0.1, 0.15) is 53.6 Å². The van der Waals surface area contributed by atoms with E-state index in [9.17, 15) is 0 Å². The van der Waals surface area contributed by atoms with Crippen LogP contribution in [0.4, 0.5) is 0 Å². The fraction of sp³-hybridized carbons (Fsp3) is 0.333. The van der Waals surface area contributed by atoms with E-state index < -0.39 is 0 Å². The zero-order valence-electron chi connectivity index (χ0n) is 12.6. The Morgan fingerprint density at radius 1 is 0.850 bits per heavy atom. The lowest BCUT2D eigenvalue weighted by molar-refractivity contribution is 0.846. The minimum absolute atomic E-state index is 0.0679. The average Bonchev–Trinajstić information content (AvgIpc) is 2.43. The first kappa shape index (κ1) is 15.3. The van der Waals surface area contributed by atoms with Crippen molar-refractivity contribution < 1.29 is 0 Å². The second-order valence-electron chi connectivity index (χ2n) is 5.77. The number of hydrogen-bond donors (Lipinski definition) is 1. The van der Waals surface area contributed by atoms with Gasteiger partial charge in [0, 0.05) is 4.47 Å². The fourth-order valence-electron chi connectivity index (χ4n) is 2.44. The van der Waals surface area contributed by atoms with Crippen LogP contribution < -0.4 is 5.73 Å². The quantitative estimate of drug-likeness (QED) is 0.817. The van der Waals surface area contributed by atoms with Crippen molar-refractivity contribution >= 4 is 15.9 Å². The van der Waals surface area contributed by atoms with Crippen LogP contribution in [0.2, 0.25) is 0 Å². The second kappa shape index (κ2) is 6.11. The van der Waals surface area contributed by atoms with Gasteiger partial charge in [-0.05, 0) is 47.6 Å². The Morgan fingerprint density at radius 2 is 1.30 bits per heavy atom. The van der Waals surface area contributed by atoms with E-state index in [-0.39, 0.29) is 6.04 Å². The summed E-state index contributed by atoms with van der Waals surface area (Å²) in [7, 11) is 0. The van der Waals surface area contributed by atoms with Crippen molar-refractivity contribution in [3.05, 3.63) is 68.7 Å². The summed E-state index contributed by atoms with van der Waals surface area (Å²) in [6.45, 7) is 8.62. The van der Waals surface area contributed by atoms with Crippen molar-refractivity contribution in [3.8, 4) is 0 Å². The Morgan fingerprint density at radius 3 is 1.75 bits per heavy atom. The van der Waals surface area contributed by atoms with Gasteiger partial charge in [-0.15, -0.1) is 0 Å². The molecule has 0 saturated heterocycles. The van der Waals surface area contributed by atoms with Crippen molar-refractivity contribution in [3.63, 3.8) is 0 Å². The maximum atomic E-state index is 6.42. The SMILES string of the molecule is Cc1cc(C(N)c2ccc(C(C)C)cc2)cc(C)c1Br. The predicted octanol–water partition coefficient (Wildman–Crippen LogP) is 5.24. The standard InChI is InChI=1S/C18H22BrN/c1-11(2)14-5-7-15(8-6-14)18(20)16-9-12(3)17(19)13(4)10-16/h5-11,18H,20H2,1-4H3. The number of hydrogen-bond acceptors (Lipinski definition) is 1. The zero-order chi connectivity index (χ0) is 14.9. The number of halogens is 1. The van der Waals surface area contributed by atoms with Gasteiger partial charge in [0.1, 0.15) is 0 Å². The maximum absolute atomic E-state index is 6.42. The Balaban J connectivity index is 2.33. The van der Waals surface area contributed by atoms with Crippen molar-refractivity contribution in [2.24, 2.45) is 5.73 Å². The van der Waals surface area contributed by atoms with Crippen LogP contribution in [0.5, 0.6) is 0 Å². The molecule has 0 spiro atoms. The lowest BCUT2D eigenvalue weighted by Gasteiger charge is -2.16. The Labute approximate surface area is 130 Å². The van der Waals surface area contributed by atoms with E-state index in [1.54, 1.807) is 0 Å². The van der Waals surface area contributed by atoms with Crippen molar-refractivity contribution in [2.75, 3.05) is 0 Å². The third kappa shape index (κ3) is 3.13. The maximum Gasteiger partial charge on any atom is 0.0551 e. The van der Waals surface area contributed by atoms with Crippen LogP contribution in [0, 0.1) is 13.8 Å². The first-order valence-electron chi connectivity index (χ1n) is 7.02. The molecule has 1 nitrogen and oxygen atoms in total. The molecule has 2 rings (SSSR count). The van der Waals surface area contributed by atoms with Crippen LogP contribution >= 0.6 is 15.9 Å². The van der Waals surface area contributed by atoms with Gasteiger partial charge < -0.3 is 5.73 Å². The molecule has 1 unspecified atom stereocenters. The van der Waals surface area contributed by atoms with E-state index in [1.807, 2.05) is 0 Å². The summed E-state index contributed by atoms with van der Waals surface area (Å²) in [6.07, 6.45) is 0. The highest BCUT2D eigenvalue weighted by Gasteiger charge is 2.12. The van der Waals surface area contributed by atoms with Gasteiger partial charge in [0.25, 0.3) is 0 Å². The highest BCUT2D eigenvalue weighted by molar-refractivity contribution is 9.10. The molecular weight excluding hydrogens is 310 g/mol. The average molecular weight is 332 g/mol. The molecule has 0 heterocycles. The normalized spacial score (nSPS) is 12.8. The third-order valence-electron chi connectivity index (χ3n) is 3.78. The molecule has 2 N–H and O–H groups in total. The number of nitrogens with two attached hydrogens (primary N) is 1. The van der Waals surface area contributed by atoms with E-state index in [0.29, 0.717) is 5.92 Å². The van der Waals surface area contributed by atoms with Gasteiger partial charge in [0.05, 0.1) is 6.04 Å². The summed E-state index contributed by atoms with van der Waals surface area (Å²) in [5, 5.41) is 0. The first-order chi connectivity index (χ1) is 9.40. The summed E-state index contributed by atoms with van der Waals surface area (Å²) in [5.41, 5.74) is 12.6. The molecule has 0 aliphatic heterocycles. The largest absolute Gasteiger partial charge is 0.320 e. The molecule has 0 bridgehead atoms. The molecular formula is C18H22BrN. The van der Waals surface area contributed by atoms with Crippen molar-refractivity contribution in [1.29, 1.82) is 0 Å². The lowest BCUT2D eigenvalue weighted by Crippen LogP contribution is -2.12. The zero-order valence-corrected chi connectivity index (χ0v) is 14.2. The number of rotatable bonds is 3. The van der Waals surface area contributed by atoms with E-state index >= 15 is 0 Å². The molecule has 2 aromatic carbocycles. The number of benzene rings is 2. The van der Waals surface area contributed by atoms with Crippen LogP contribution in [0.25, 0.3) is 0 Å². The van der Waals surface area contributed by atoms with Crippen LogP contribution in [-0.2, 0) is 0 Å². The minimum Gasteiger partial charge on any atom is -0.320 e. The van der Waals surface area contributed by atoms with Gasteiger partial charge in [-0.25, -0.2) is 0 Å². The van der Waals surface area contributed by atoms with Gasteiger partial charge in [-0.1, -0.05) is 66.2 Å². The van der Waals surface area contributed by atoms with E-state index in [1.165, 1.54) is 26.7 Å². The van der Waals surface area contributed by atoms with Crippen LogP contribution in [-0.4, -0.2) is 0 Å².